The molecule has 0 aliphatic rings. The van der Waals surface area contributed by atoms with Gasteiger partial charge in [0.1, 0.15) is 5.69 Å². The van der Waals surface area contributed by atoms with Crippen molar-refractivity contribution in [1.29, 1.82) is 0 Å². The molecule has 3 aromatic rings. The number of hydrogen-bond acceptors (Lipinski definition) is 2. The zero-order valence-corrected chi connectivity index (χ0v) is 14.1. The van der Waals surface area contributed by atoms with Crippen LogP contribution in [0.5, 0.6) is 0 Å². The molecule has 0 bridgehead atoms. The number of benzene rings is 1. The zero-order chi connectivity index (χ0) is 16.2. The van der Waals surface area contributed by atoms with E-state index < -0.39 is 0 Å². The molecule has 4 heteroatoms. The number of rotatable bonds is 5. The zero-order valence-electron chi connectivity index (χ0n) is 13.3. The number of carbonyl (C=O) groups is 1. The Kier molecular flexibility index (Phi) is 4.63. The summed E-state index contributed by atoms with van der Waals surface area (Å²) >= 11 is 1.66. The molecule has 1 N–H and O–H groups in total. The van der Waals surface area contributed by atoms with Gasteiger partial charge in [0.25, 0.3) is 5.91 Å². The first kappa shape index (κ1) is 15.6. The number of amides is 1. The Hall–Kier alpha value is -2.33. The van der Waals surface area contributed by atoms with Gasteiger partial charge in [-0.25, -0.2) is 0 Å². The molecule has 2 heterocycles. The molecule has 1 atom stereocenters. The molecule has 3 nitrogen and oxygen atoms in total. The van der Waals surface area contributed by atoms with Gasteiger partial charge in [0.15, 0.2) is 0 Å². The largest absolute Gasteiger partial charge is 0.344 e. The van der Waals surface area contributed by atoms with Crippen LogP contribution in [0.1, 0.15) is 35.9 Å². The lowest BCUT2D eigenvalue weighted by atomic mass is 10.1. The summed E-state index contributed by atoms with van der Waals surface area (Å²) in [4.78, 5) is 12.7. The lowest BCUT2D eigenvalue weighted by molar-refractivity contribution is 0.0931. The summed E-state index contributed by atoms with van der Waals surface area (Å²) in [7, 11) is 0. The van der Waals surface area contributed by atoms with Crippen molar-refractivity contribution in [2.45, 2.75) is 26.4 Å². The van der Waals surface area contributed by atoms with Crippen molar-refractivity contribution in [3.63, 3.8) is 0 Å². The SMILES string of the molecule is C/C=C/Cn1c(C(=O)NC(C)c2ccccc2)cc2sccc21. The molecule has 0 spiro atoms. The minimum Gasteiger partial charge on any atom is -0.344 e. The predicted octanol–water partition coefficient (Wildman–Crippen LogP) is 4.77. The van der Waals surface area contributed by atoms with Gasteiger partial charge in [-0.1, -0.05) is 42.5 Å². The molecule has 118 valence electrons. The van der Waals surface area contributed by atoms with Crippen LogP contribution in [0.3, 0.4) is 0 Å². The number of hydrogen-bond donors (Lipinski definition) is 1. The van der Waals surface area contributed by atoms with E-state index in [9.17, 15) is 4.79 Å². The summed E-state index contributed by atoms with van der Waals surface area (Å²) in [6, 6.07) is 14.0. The van der Waals surface area contributed by atoms with Gasteiger partial charge in [0.2, 0.25) is 0 Å². The second kappa shape index (κ2) is 6.84. The summed E-state index contributed by atoms with van der Waals surface area (Å²) in [6.45, 7) is 4.71. The Labute approximate surface area is 140 Å². The number of allylic oxidation sites excluding steroid dienone is 2. The van der Waals surface area contributed by atoms with Crippen molar-refractivity contribution in [2.75, 3.05) is 0 Å². The maximum absolute atomic E-state index is 12.7. The second-order valence-corrected chi connectivity index (χ2v) is 6.43. The van der Waals surface area contributed by atoms with E-state index in [1.807, 2.05) is 56.3 Å². The molecule has 0 saturated heterocycles. The third-order valence-corrected chi connectivity index (χ3v) is 4.78. The number of fused-ring (bicyclic) bond motifs is 1. The molecule has 2 aromatic heterocycles. The fourth-order valence-electron chi connectivity index (χ4n) is 2.67. The van der Waals surface area contributed by atoms with Crippen LogP contribution in [-0.2, 0) is 6.54 Å². The number of aromatic nitrogens is 1. The van der Waals surface area contributed by atoms with Crippen LogP contribution in [0.25, 0.3) is 10.2 Å². The average molecular weight is 324 g/mol. The third-order valence-electron chi connectivity index (χ3n) is 3.93. The molecule has 0 radical (unpaired) electrons. The molecule has 0 fully saturated rings. The van der Waals surface area contributed by atoms with Gasteiger partial charge in [-0.3, -0.25) is 4.79 Å². The van der Waals surface area contributed by atoms with Crippen LogP contribution in [-0.4, -0.2) is 10.5 Å². The minimum absolute atomic E-state index is 0.0215. The van der Waals surface area contributed by atoms with Gasteiger partial charge in [-0.15, -0.1) is 11.3 Å². The molecule has 1 aromatic carbocycles. The normalized spacial score (nSPS) is 12.8. The van der Waals surface area contributed by atoms with E-state index in [4.69, 9.17) is 0 Å². The molecule has 23 heavy (non-hydrogen) atoms. The van der Waals surface area contributed by atoms with Crippen molar-refractivity contribution >= 4 is 27.5 Å². The second-order valence-electron chi connectivity index (χ2n) is 5.49. The molecular weight excluding hydrogens is 304 g/mol. The monoisotopic (exact) mass is 324 g/mol. The number of thiophene rings is 1. The summed E-state index contributed by atoms with van der Waals surface area (Å²) < 4.78 is 3.21. The van der Waals surface area contributed by atoms with Gasteiger partial charge >= 0.3 is 0 Å². The topological polar surface area (TPSA) is 34.0 Å². The molecule has 0 aliphatic carbocycles. The van der Waals surface area contributed by atoms with Crippen LogP contribution < -0.4 is 5.32 Å². The highest BCUT2D eigenvalue weighted by atomic mass is 32.1. The van der Waals surface area contributed by atoms with Gasteiger partial charge in [-0.05, 0) is 36.9 Å². The van der Waals surface area contributed by atoms with Gasteiger partial charge in [0, 0.05) is 6.54 Å². The Morgan fingerprint density at radius 1 is 1.30 bits per heavy atom. The maximum atomic E-state index is 12.7. The Balaban J connectivity index is 1.87. The Morgan fingerprint density at radius 2 is 2.09 bits per heavy atom. The summed E-state index contributed by atoms with van der Waals surface area (Å²) in [5.41, 5.74) is 2.94. The standard InChI is InChI=1S/C19H20N2OS/c1-3-4-11-21-16-10-12-23-18(16)13-17(21)19(22)20-14(2)15-8-6-5-7-9-15/h3-10,12-14H,11H2,1-2H3,(H,20,22)/b4-3+. The first-order valence-electron chi connectivity index (χ1n) is 7.74. The highest BCUT2D eigenvalue weighted by Crippen LogP contribution is 2.26. The van der Waals surface area contributed by atoms with Crippen molar-refractivity contribution in [3.05, 3.63) is 71.3 Å². The highest BCUT2D eigenvalue weighted by molar-refractivity contribution is 7.17. The molecule has 1 amide bonds. The Bertz CT molecular complexity index is 830. The smallest absolute Gasteiger partial charge is 0.268 e. The van der Waals surface area contributed by atoms with Crippen molar-refractivity contribution in [1.82, 2.24) is 9.88 Å². The number of carbonyl (C=O) groups excluding carboxylic acids is 1. The fourth-order valence-corrected chi connectivity index (χ4v) is 3.49. The van der Waals surface area contributed by atoms with Gasteiger partial charge in [0.05, 0.1) is 16.3 Å². The van der Waals surface area contributed by atoms with E-state index in [1.54, 1.807) is 11.3 Å². The summed E-state index contributed by atoms with van der Waals surface area (Å²) in [5.74, 6) is -0.0331. The van der Waals surface area contributed by atoms with E-state index in [1.165, 1.54) is 0 Å². The molecule has 3 rings (SSSR count). The minimum atomic E-state index is -0.0331. The van der Waals surface area contributed by atoms with E-state index in [0.29, 0.717) is 12.2 Å². The van der Waals surface area contributed by atoms with Crippen LogP contribution in [0.2, 0.25) is 0 Å². The first-order chi connectivity index (χ1) is 11.2. The van der Waals surface area contributed by atoms with E-state index in [-0.39, 0.29) is 11.9 Å². The van der Waals surface area contributed by atoms with Gasteiger partial charge in [-0.2, -0.15) is 0 Å². The average Bonchev–Trinajstić information content (AvgIpc) is 3.15. The van der Waals surface area contributed by atoms with E-state index in [2.05, 4.69) is 27.4 Å². The molecule has 0 aliphatic heterocycles. The Morgan fingerprint density at radius 3 is 2.83 bits per heavy atom. The third kappa shape index (κ3) is 3.22. The summed E-state index contributed by atoms with van der Waals surface area (Å²) in [6.07, 6.45) is 4.07. The van der Waals surface area contributed by atoms with Gasteiger partial charge < -0.3 is 9.88 Å². The van der Waals surface area contributed by atoms with Crippen molar-refractivity contribution < 1.29 is 4.79 Å². The molecular formula is C19H20N2OS. The molecule has 0 saturated carbocycles. The van der Waals surface area contributed by atoms with Crippen molar-refractivity contribution in [3.8, 4) is 0 Å². The van der Waals surface area contributed by atoms with E-state index in [0.717, 1.165) is 15.8 Å². The van der Waals surface area contributed by atoms with Crippen LogP contribution in [0.4, 0.5) is 0 Å². The van der Waals surface area contributed by atoms with Crippen LogP contribution in [0, 0.1) is 0 Å². The predicted molar refractivity (Wildman–Crippen MR) is 97.0 cm³/mol. The highest BCUT2D eigenvalue weighted by Gasteiger charge is 2.17. The van der Waals surface area contributed by atoms with Crippen LogP contribution in [0.15, 0.2) is 60.0 Å². The van der Waals surface area contributed by atoms with Crippen molar-refractivity contribution in [2.24, 2.45) is 0 Å². The number of nitrogens with one attached hydrogen (secondary N) is 1. The maximum Gasteiger partial charge on any atom is 0.268 e. The fraction of sp³-hybridized carbons (Fsp3) is 0.211. The first-order valence-corrected chi connectivity index (χ1v) is 8.62. The summed E-state index contributed by atoms with van der Waals surface area (Å²) in [5, 5.41) is 5.16. The quantitative estimate of drug-likeness (QED) is 0.674. The molecule has 1 unspecified atom stereocenters. The lowest BCUT2D eigenvalue weighted by Gasteiger charge is -2.15. The van der Waals surface area contributed by atoms with Crippen LogP contribution >= 0.6 is 11.3 Å². The number of nitrogens with zero attached hydrogens (tertiary/aromatic N) is 1. The van der Waals surface area contributed by atoms with E-state index >= 15 is 0 Å². The lowest BCUT2D eigenvalue weighted by Crippen LogP contribution is -2.28.